The van der Waals surface area contributed by atoms with Crippen LogP contribution in [0.15, 0.2) is 24.5 Å². The van der Waals surface area contributed by atoms with Gasteiger partial charge in [0.15, 0.2) is 0 Å². The van der Waals surface area contributed by atoms with Gasteiger partial charge in [-0.05, 0) is 25.0 Å². The highest BCUT2D eigenvalue weighted by Crippen LogP contribution is 2.20. The molecule has 1 N–H and O–H groups in total. The van der Waals surface area contributed by atoms with Crippen molar-refractivity contribution in [2.24, 2.45) is 5.92 Å². The zero-order valence-corrected chi connectivity index (χ0v) is 11.1. The van der Waals surface area contributed by atoms with Gasteiger partial charge in [0.2, 0.25) is 0 Å². The van der Waals surface area contributed by atoms with E-state index >= 15 is 0 Å². The molecule has 2 rings (SSSR count). The lowest BCUT2D eigenvalue weighted by atomic mass is 10.1. The van der Waals surface area contributed by atoms with Gasteiger partial charge in [-0.15, -0.1) is 0 Å². The lowest BCUT2D eigenvalue weighted by Crippen LogP contribution is -3.00. The summed E-state index contributed by atoms with van der Waals surface area (Å²) < 4.78 is 0. The molecule has 0 bridgehead atoms. The second-order valence-corrected chi connectivity index (χ2v) is 4.52. The molecular formula is C13H17ClN3-. The molecule has 0 atom stereocenters. The molecule has 3 nitrogen and oxygen atoms in total. The number of hydrogen-bond donors (Lipinski definition) is 1. The number of rotatable bonds is 3. The predicted octanol–water partition coefficient (Wildman–Crippen LogP) is 0.0101. The Morgan fingerprint density at radius 2 is 2.00 bits per heavy atom. The number of anilines is 1. The summed E-state index contributed by atoms with van der Waals surface area (Å²) >= 11 is 0. The normalized spacial score (nSPS) is 10.4. The quantitative estimate of drug-likeness (QED) is 0.834. The third-order valence-corrected chi connectivity index (χ3v) is 2.47. The summed E-state index contributed by atoms with van der Waals surface area (Å²) in [5.74, 6) is 1.54. The number of aryl methyl sites for hydroxylation is 1. The number of benzene rings is 1. The van der Waals surface area contributed by atoms with Crippen LogP contribution in [0.1, 0.15) is 19.4 Å². The predicted molar refractivity (Wildman–Crippen MR) is 67.6 cm³/mol. The van der Waals surface area contributed by atoms with Gasteiger partial charge in [0.05, 0.1) is 5.52 Å². The summed E-state index contributed by atoms with van der Waals surface area (Å²) in [6, 6.07) is 6.23. The molecule has 4 heteroatoms. The number of nitrogens with one attached hydrogen (secondary N) is 1. The zero-order chi connectivity index (χ0) is 11.5. The highest BCUT2D eigenvalue weighted by molar-refractivity contribution is 5.89. The van der Waals surface area contributed by atoms with Gasteiger partial charge in [-0.3, -0.25) is 0 Å². The molecule has 0 saturated carbocycles. The Hall–Kier alpha value is -1.35. The molecule has 0 spiro atoms. The first-order chi connectivity index (χ1) is 7.66. The molecule has 0 amide bonds. The molecule has 92 valence electrons. The number of aromatic nitrogens is 2. The van der Waals surface area contributed by atoms with Crippen molar-refractivity contribution in [2.75, 3.05) is 11.9 Å². The Morgan fingerprint density at radius 3 is 2.71 bits per heavy atom. The lowest BCUT2D eigenvalue weighted by molar-refractivity contribution is -0.00000363. The third-order valence-electron chi connectivity index (χ3n) is 2.47. The van der Waals surface area contributed by atoms with E-state index in [0.29, 0.717) is 5.92 Å². The molecule has 0 radical (unpaired) electrons. The summed E-state index contributed by atoms with van der Waals surface area (Å²) in [6.07, 6.45) is 1.61. The largest absolute Gasteiger partial charge is 1.00 e. The average molecular weight is 251 g/mol. The summed E-state index contributed by atoms with van der Waals surface area (Å²) in [7, 11) is 0. The van der Waals surface area contributed by atoms with E-state index in [9.17, 15) is 0 Å². The van der Waals surface area contributed by atoms with Crippen LogP contribution >= 0.6 is 0 Å². The molecule has 0 aliphatic heterocycles. The molecule has 0 aliphatic rings. The van der Waals surface area contributed by atoms with Crippen molar-refractivity contribution < 1.29 is 12.4 Å². The topological polar surface area (TPSA) is 37.8 Å². The fraction of sp³-hybridized carbons (Fsp3) is 0.385. The van der Waals surface area contributed by atoms with E-state index in [1.165, 1.54) is 5.56 Å². The van der Waals surface area contributed by atoms with Crippen LogP contribution in [0, 0.1) is 12.8 Å². The van der Waals surface area contributed by atoms with Gasteiger partial charge >= 0.3 is 0 Å². The molecule has 1 heterocycles. The Labute approximate surface area is 108 Å². The van der Waals surface area contributed by atoms with Crippen molar-refractivity contribution in [1.82, 2.24) is 9.97 Å². The fourth-order valence-electron chi connectivity index (χ4n) is 1.61. The van der Waals surface area contributed by atoms with Crippen molar-refractivity contribution in [1.29, 1.82) is 0 Å². The minimum Gasteiger partial charge on any atom is -1.00 e. The minimum absolute atomic E-state index is 0. The first-order valence-corrected chi connectivity index (χ1v) is 5.62. The highest BCUT2D eigenvalue weighted by Gasteiger charge is 2.03. The number of hydrogen-bond acceptors (Lipinski definition) is 3. The van der Waals surface area contributed by atoms with E-state index in [4.69, 9.17) is 0 Å². The molecule has 0 aliphatic carbocycles. The maximum Gasteiger partial charge on any atom is 0.137 e. The van der Waals surface area contributed by atoms with Crippen LogP contribution in [0.3, 0.4) is 0 Å². The number of halogens is 1. The number of fused-ring (bicyclic) bond motifs is 1. The molecule has 17 heavy (non-hydrogen) atoms. The molecule has 1 aromatic carbocycles. The highest BCUT2D eigenvalue weighted by atomic mass is 35.5. The van der Waals surface area contributed by atoms with Crippen molar-refractivity contribution in [3.63, 3.8) is 0 Å². The van der Waals surface area contributed by atoms with Crippen LogP contribution in [-0.4, -0.2) is 16.5 Å². The van der Waals surface area contributed by atoms with Gasteiger partial charge in [0.1, 0.15) is 12.1 Å². The van der Waals surface area contributed by atoms with E-state index in [2.05, 4.69) is 48.2 Å². The summed E-state index contributed by atoms with van der Waals surface area (Å²) in [4.78, 5) is 8.56. The van der Waals surface area contributed by atoms with Crippen LogP contribution in [-0.2, 0) is 0 Å². The fourth-order valence-corrected chi connectivity index (χ4v) is 1.61. The third kappa shape index (κ3) is 3.30. The molecule has 0 unspecified atom stereocenters. The van der Waals surface area contributed by atoms with Gasteiger partial charge < -0.3 is 17.7 Å². The van der Waals surface area contributed by atoms with Crippen LogP contribution < -0.4 is 17.7 Å². The van der Waals surface area contributed by atoms with Gasteiger partial charge in [-0.25, -0.2) is 9.97 Å². The van der Waals surface area contributed by atoms with Crippen molar-refractivity contribution in [2.45, 2.75) is 20.8 Å². The molecule has 2 aromatic rings. The lowest BCUT2D eigenvalue weighted by Gasteiger charge is -2.10. The summed E-state index contributed by atoms with van der Waals surface area (Å²) in [6.45, 7) is 7.38. The van der Waals surface area contributed by atoms with Gasteiger partial charge in [0.25, 0.3) is 0 Å². The second-order valence-electron chi connectivity index (χ2n) is 4.52. The molecular weight excluding hydrogens is 234 g/mol. The first kappa shape index (κ1) is 13.7. The SMILES string of the molecule is Cc1ccc2ncnc(NCC(C)C)c2c1.[Cl-]. The Morgan fingerprint density at radius 1 is 1.24 bits per heavy atom. The van der Waals surface area contributed by atoms with Crippen molar-refractivity contribution in [3.8, 4) is 0 Å². The summed E-state index contributed by atoms with van der Waals surface area (Å²) in [5, 5.41) is 4.46. The summed E-state index contributed by atoms with van der Waals surface area (Å²) in [5.41, 5.74) is 2.22. The van der Waals surface area contributed by atoms with Crippen LogP contribution in [0.25, 0.3) is 10.9 Å². The van der Waals surface area contributed by atoms with E-state index in [-0.39, 0.29) is 12.4 Å². The second kappa shape index (κ2) is 5.82. The average Bonchev–Trinajstić information content (AvgIpc) is 2.26. The van der Waals surface area contributed by atoms with E-state index < -0.39 is 0 Å². The van der Waals surface area contributed by atoms with Gasteiger partial charge in [-0.2, -0.15) is 0 Å². The van der Waals surface area contributed by atoms with Gasteiger partial charge in [0, 0.05) is 11.9 Å². The molecule has 1 aromatic heterocycles. The maximum atomic E-state index is 4.30. The zero-order valence-electron chi connectivity index (χ0n) is 10.4. The van der Waals surface area contributed by atoms with E-state index in [1.807, 2.05) is 6.07 Å². The van der Waals surface area contributed by atoms with Crippen molar-refractivity contribution >= 4 is 16.7 Å². The van der Waals surface area contributed by atoms with Crippen LogP contribution in [0.5, 0.6) is 0 Å². The van der Waals surface area contributed by atoms with E-state index in [1.54, 1.807) is 6.33 Å². The minimum atomic E-state index is 0. The Balaban J connectivity index is 0.00000144. The van der Waals surface area contributed by atoms with E-state index in [0.717, 1.165) is 23.3 Å². The monoisotopic (exact) mass is 250 g/mol. The van der Waals surface area contributed by atoms with Crippen molar-refractivity contribution in [3.05, 3.63) is 30.1 Å². The van der Waals surface area contributed by atoms with Crippen LogP contribution in [0.2, 0.25) is 0 Å². The smallest absolute Gasteiger partial charge is 0.137 e. The van der Waals surface area contributed by atoms with Gasteiger partial charge in [-0.1, -0.05) is 25.5 Å². The Bertz CT molecular complexity index is 497. The number of nitrogens with zero attached hydrogens (tertiary/aromatic N) is 2. The molecule has 0 saturated heterocycles. The maximum absolute atomic E-state index is 4.30. The Kier molecular flexibility index (Phi) is 4.70. The molecule has 0 fully saturated rings. The van der Waals surface area contributed by atoms with Crippen LogP contribution in [0.4, 0.5) is 5.82 Å². The first-order valence-electron chi connectivity index (χ1n) is 5.62. The standard InChI is InChI=1S/C13H17N3.ClH/c1-9(2)7-14-13-11-6-10(3)4-5-12(11)15-8-16-13;/h4-6,8-9H,7H2,1-3H3,(H,14,15,16);1H/p-1.